The van der Waals surface area contributed by atoms with Gasteiger partial charge in [-0.1, -0.05) is 0 Å². The minimum Gasteiger partial charge on any atom is -0.396 e. The number of hydrogen-bond acceptors (Lipinski definition) is 3. The zero-order chi connectivity index (χ0) is 6.24. The number of isothiocyanates is 1. The van der Waals surface area contributed by atoms with Crippen molar-refractivity contribution in [2.45, 2.75) is 12.8 Å². The van der Waals surface area contributed by atoms with E-state index >= 15 is 0 Å². The van der Waals surface area contributed by atoms with Crippen LogP contribution in [0.1, 0.15) is 12.8 Å². The van der Waals surface area contributed by atoms with Gasteiger partial charge in [-0.2, -0.15) is 0 Å². The smallest absolute Gasteiger partial charge is 0.0584 e. The Bertz CT molecular complexity index is 88.4. The van der Waals surface area contributed by atoms with Gasteiger partial charge >= 0.3 is 0 Å². The van der Waals surface area contributed by atoms with Crippen molar-refractivity contribution in [1.82, 2.24) is 0 Å². The van der Waals surface area contributed by atoms with Crippen LogP contribution in [0.4, 0.5) is 0 Å². The molecule has 2 nitrogen and oxygen atoms in total. The van der Waals surface area contributed by atoms with Gasteiger partial charge in [0.2, 0.25) is 0 Å². The quantitative estimate of drug-likeness (QED) is 0.349. The van der Waals surface area contributed by atoms with Gasteiger partial charge in [0, 0.05) is 13.2 Å². The number of aliphatic hydroxyl groups is 1. The largest absolute Gasteiger partial charge is 0.396 e. The fourth-order valence-corrected chi connectivity index (χ4v) is 0.440. The predicted molar refractivity (Wildman–Crippen MR) is 36.2 cm³/mol. The van der Waals surface area contributed by atoms with E-state index in [0.29, 0.717) is 6.54 Å². The van der Waals surface area contributed by atoms with Gasteiger partial charge in [-0.25, -0.2) is 4.99 Å². The summed E-state index contributed by atoms with van der Waals surface area (Å²) in [6, 6.07) is 0. The van der Waals surface area contributed by atoms with E-state index in [-0.39, 0.29) is 6.61 Å². The van der Waals surface area contributed by atoms with Crippen LogP contribution in [0.5, 0.6) is 0 Å². The predicted octanol–water partition coefficient (Wildman–Crippen LogP) is 0.862. The van der Waals surface area contributed by atoms with E-state index in [9.17, 15) is 0 Å². The molecule has 0 unspecified atom stereocenters. The maximum absolute atomic E-state index is 8.28. The Morgan fingerprint density at radius 1 is 1.50 bits per heavy atom. The minimum absolute atomic E-state index is 0.243. The molecule has 0 saturated carbocycles. The van der Waals surface area contributed by atoms with Crippen LogP contribution in [-0.4, -0.2) is 23.4 Å². The van der Waals surface area contributed by atoms with E-state index in [2.05, 4.69) is 22.4 Å². The van der Waals surface area contributed by atoms with E-state index in [1.807, 2.05) is 0 Å². The number of hydrogen-bond donors (Lipinski definition) is 1. The van der Waals surface area contributed by atoms with Gasteiger partial charge in [-0.3, -0.25) is 0 Å². The number of unbranched alkanes of at least 4 members (excludes halogenated alkanes) is 1. The lowest BCUT2D eigenvalue weighted by atomic mass is 10.3. The fourth-order valence-electron chi connectivity index (χ4n) is 0.348. The molecule has 0 fully saturated rings. The molecule has 0 spiro atoms. The number of aliphatic imine (C=N–C) groups is 1. The van der Waals surface area contributed by atoms with E-state index in [1.54, 1.807) is 0 Å². The highest BCUT2D eigenvalue weighted by atomic mass is 32.1. The van der Waals surface area contributed by atoms with Crippen molar-refractivity contribution in [3.63, 3.8) is 0 Å². The Hall–Kier alpha value is -0.240. The molecule has 0 amide bonds. The van der Waals surface area contributed by atoms with Crippen molar-refractivity contribution in [1.29, 1.82) is 0 Å². The third-order valence-electron chi connectivity index (χ3n) is 0.743. The first-order valence-corrected chi connectivity index (χ1v) is 2.97. The first-order valence-electron chi connectivity index (χ1n) is 2.56. The highest BCUT2D eigenvalue weighted by molar-refractivity contribution is 7.78. The first kappa shape index (κ1) is 7.76. The molecule has 1 N–H and O–H groups in total. The molecule has 3 heteroatoms. The number of thiocarbonyl (C=S) groups is 1. The van der Waals surface area contributed by atoms with E-state index in [1.165, 1.54) is 0 Å². The molecule has 0 aromatic rings. The molecule has 0 aliphatic carbocycles. The lowest BCUT2D eigenvalue weighted by Crippen LogP contribution is -1.84. The van der Waals surface area contributed by atoms with Crippen molar-refractivity contribution < 1.29 is 5.11 Å². The summed E-state index contributed by atoms with van der Waals surface area (Å²) >= 11 is 4.32. The molecule has 0 aliphatic heterocycles. The SMILES string of the molecule is OCCCCN=C=S. The number of aliphatic hydroxyl groups excluding tert-OH is 1. The van der Waals surface area contributed by atoms with Crippen LogP contribution in [0.2, 0.25) is 0 Å². The van der Waals surface area contributed by atoms with Crippen LogP contribution in [0, 0.1) is 0 Å². The Kier molecular flexibility index (Phi) is 6.56. The molecule has 0 bridgehead atoms. The Morgan fingerprint density at radius 2 is 2.25 bits per heavy atom. The molecule has 0 rings (SSSR count). The molecule has 0 aromatic heterocycles. The highest BCUT2D eigenvalue weighted by Crippen LogP contribution is 1.85. The molecule has 0 aliphatic rings. The fraction of sp³-hybridized carbons (Fsp3) is 0.800. The third kappa shape index (κ3) is 5.76. The van der Waals surface area contributed by atoms with Crippen molar-refractivity contribution in [3.05, 3.63) is 0 Å². The Labute approximate surface area is 54.2 Å². The lowest BCUT2D eigenvalue weighted by Gasteiger charge is -1.87. The molecule has 8 heavy (non-hydrogen) atoms. The molecule has 0 atom stereocenters. The molecular formula is C5H9NOS. The third-order valence-corrected chi connectivity index (χ3v) is 0.872. The lowest BCUT2D eigenvalue weighted by molar-refractivity contribution is 0.285. The van der Waals surface area contributed by atoms with Crippen LogP contribution in [0.3, 0.4) is 0 Å². The van der Waals surface area contributed by atoms with Gasteiger partial charge < -0.3 is 5.11 Å². The average molecular weight is 131 g/mol. The second kappa shape index (κ2) is 6.76. The highest BCUT2D eigenvalue weighted by Gasteiger charge is 1.80. The van der Waals surface area contributed by atoms with Crippen LogP contribution in [-0.2, 0) is 0 Å². The summed E-state index contributed by atoms with van der Waals surface area (Å²) in [5, 5.41) is 10.5. The number of nitrogens with zero attached hydrogens (tertiary/aromatic N) is 1. The summed E-state index contributed by atoms with van der Waals surface area (Å²) in [5.74, 6) is 0. The maximum atomic E-state index is 8.28. The van der Waals surface area contributed by atoms with Crippen molar-refractivity contribution >= 4 is 17.4 Å². The summed E-state index contributed by atoms with van der Waals surface area (Å²) in [7, 11) is 0. The summed E-state index contributed by atoms with van der Waals surface area (Å²) in [6.45, 7) is 0.941. The van der Waals surface area contributed by atoms with E-state index in [4.69, 9.17) is 5.11 Å². The second-order valence-electron chi connectivity index (χ2n) is 1.40. The molecule has 46 valence electrons. The topological polar surface area (TPSA) is 32.6 Å². The van der Waals surface area contributed by atoms with E-state index in [0.717, 1.165) is 12.8 Å². The van der Waals surface area contributed by atoms with Crippen LogP contribution in [0.25, 0.3) is 0 Å². The molecule has 0 saturated heterocycles. The van der Waals surface area contributed by atoms with Crippen molar-refractivity contribution in [2.24, 2.45) is 4.99 Å². The Balaban J connectivity index is 2.82. The van der Waals surface area contributed by atoms with Crippen LogP contribution < -0.4 is 0 Å². The van der Waals surface area contributed by atoms with Crippen molar-refractivity contribution in [2.75, 3.05) is 13.2 Å². The van der Waals surface area contributed by atoms with Crippen LogP contribution in [0.15, 0.2) is 4.99 Å². The second-order valence-corrected chi connectivity index (χ2v) is 1.59. The molecule has 0 aromatic carbocycles. The van der Waals surface area contributed by atoms with Gasteiger partial charge in [0.1, 0.15) is 0 Å². The minimum atomic E-state index is 0.243. The average Bonchev–Trinajstić information content (AvgIpc) is 1.81. The number of rotatable bonds is 4. The van der Waals surface area contributed by atoms with Gasteiger partial charge in [0.05, 0.1) is 5.16 Å². The summed E-state index contributed by atoms with van der Waals surface area (Å²) in [5.41, 5.74) is 0. The van der Waals surface area contributed by atoms with E-state index < -0.39 is 0 Å². The summed E-state index contributed by atoms with van der Waals surface area (Å²) in [4.78, 5) is 3.66. The maximum Gasteiger partial charge on any atom is 0.0584 e. The zero-order valence-corrected chi connectivity index (χ0v) is 5.45. The molecule has 0 radical (unpaired) electrons. The monoisotopic (exact) mass is 131 g/mol. The van der Waals surface area contributed by atoms with Gasteiger partial charge in [-0.15, -0.1) is 0 Å². The Morgan fingerprint density at radius 3 is 2.75 bits per heavy atom. The standard InChI is InChI=1S/C5H9NOS/c7-4-2-1-3-6-5-8/h7H,1-4H2. The van der Waals surface area contributed by atoms with Gasteiger partial charge in [0.25, 0.3) is 0 Å². The zero-order valence-electron chi connectivity index (χ0n) is 4.63. The van der Waals surface area contributed by atoms with Crippen LogP contribution >= 0.6 is 12.2 Å². The summed E-state index contributed by atoms with van der Waals surface area (Å²) < 4.78 is 0. The van der Waals surface area contributed by atoms with Gasteiger partial charge in [-0.05, 0) is 25.1 Å². The summed E-state index contributed by atoms with van der Waals surface area (Å²) in [6.07, 6.45) is 1.71. The normalized spacial score (nSPS) is 8.12. The molecular weight excluding hydrogens is 122 g/mol. The molecule has 0 heterocycles. The van der Waals surface area contributed by atoms with Crippen molar-refractivity contribution in [3.8, 4) is 0 Å². The first-order chi connectivity index (χ1) is 3.91. The van der Waals surface area contributed by atoms with Gasteiger partial charge in [0.15, 0.2) is 0 Å².